The van der Waals surface area contributed by atoms with Gasteiger partial charge in [0.2, 0.25) is 5.88 Å². The highest BCUT2D eigenvalue weighted by molar-refractivity contribution is 5.84. The zero-order valence-electron chi connectivity index (χ0n) is 12.9. The van der Waals surface area contributed by atoms with Gasteiger partial charge >= 0.3 is 6.09 Å². The average molecular weight is 301 g/mol. The van der Waals surface area contributed by atoms with Crippen molar-refractivity contribution in [3.63, 3.8) is 0 Å². The lowest BCUT2D eigenvalue weighted by molar-refractivity contribution is 0.0636. The summed E-state index contributed by atoms with van der Waals surface area (Å²) >= 11 is 0. The van der Waals surface area contributed by atoms with E-state index < -0.39 is 11.7 Å². The van der Waals surface area contributed by atoms with Crippen molar-refractivity contribution in [2.45, 2.75) is 33.0 Å². The van der Waals surface area contributed by atoms with Crippen LogP contribution in [-0.2, 0) is 11.3 Å². The summed E-state index contributed by atoms with van der Waals surface area (Å²) in [5, 5.41) is 2.69. The molecule has 0 atom stereocenters. The first kappa shape index (κ1) is 15.8. The maximum absolute atomic E-state index is 11.7. The van der Waals surface area contributed by atoms with Crippen LogP contribution >= 0.6 is 0 Å². The predicted octanol–water partition coefficient (Wildman–Crippen LogP) is 3.40. The predicted molar refractivity (Wildman–Crippen MR) is 82.7 cm³/mol. The summed E-state index contributed by atoms with van der Waals surface area (Å²) in [7, 11) is 0. The maximum atomic E-state index is 11.7. The van der Waals surface area contributed by atoms with Gasteiger partial charge in [-0.3, -0.25) is 10.3 Å². The quantitative estimate of drug-likeness (QED) is 0.937. The van der Waals surface area contributed by atoms with Crippen LogP contribution in [0.25, 0.3) is 0 Å². The lowest BCUT2D eigenvalue weighted by Crippen LogP contribution is -2.27. The van der Waals surface area contributed by atoms with Crippen LogP contribution in [0.15, 0.2) is 42.9 Å². The molecule has 1 N–H and O–H groups in total. The fraction of sp³-hybridized carbons (Fsp3) is 0.312. The summed E-state index contributed by atoms with van der Waals surface area (Å²) in [6.45, 7) is 5.79. The van der Waals surface area contributed by atoms with Gasteiger partial charge in [-0.05, 0) is 38.5 Å². The molecule has 6 heteroatoms. The Bertz CT molecular complexity index is 624. The monoisotopic (exact) mass is 301 g/mol. The number of hydrogen-bond acceptors (Lipinski definition) is 5. The lowest BCUT2D eigenvalue weighted by atomic mass is 10.2. The van der Waals surface area contributed by atoms with Crippen molar-refractivity contribution in [1.29, 1.82) is 0 Å². The van der Waals surface area contributed by atoms with Crippen molar-refractivity contribution in [2.75, 3.05) is 5.32 Å². The van der Waals surface area contributed by atoms with E-state index in [1.807, 2.05) is 39.0 Å². The van der Waals surface area contributed by atoms with Crippen LogP contribution in [0, 0.1) is 0 Å². The van der Waals surface area contributed by atoms with E-state index in [1.54, 1.807) is 24.7 Å². The van der Waals surface area contributed by atoms with Gasteiger partial charge in [0.05, 0.1) is 6.20 Å². The Labute approximate surface area is 129 Å². The zero-order valence-corrected chi connectivity index (χ0v) is 12.9. The number of hydrogen-bond donors (Lipinski definition) is 1. The molecule has 2 rings (SSSR count). The van der Waals surface area contributed by atoms with Gasteiger partial charge in [-0.25, -0.2) is 9.78 Å². The minimum Gasteiger partial charge on any atom is -0.472 e. The molecule has 0 saturated heterocycles. The van der Waals surface area contributed by atoms with E-state index in [2.05, 4.69) is 15.3 Å². The normalized spacial score (nSPS) is 10.9. The molecule has 1 amide bonds. The highest BCUT2D eigenvalue weighted by Gasteiger charge is 2.16. The van der Waals surface area contributed by atoms with E-state index in [0.29, 0.717) is 18.2 Å². The van der Waals surface area contributed by atoms with E-state index in [-0.39, 0.29) is 0 Å². The molecule has 0 aliphatic heterocycles. The molecule has 6 nitrogen and oxygen atoms in total. The number of nitrogens with zero attached hydrogens (tertiary/aromatic N) is 2. The number of anilines is 1. The summed E-state index contributed by atoms with van der Waals surface area (Å²) in [6.07, 6.45) is 4.20. The van der Waals surface area contributed by atoms with E-state index in [9.17, 15) is 4.79 Å². The molecule has 1 heterocycles. The summed E-state index contributed by atoms with van der Waals surface area (Å²) in [6, 6.07) is 7.34. The average Bonchev–Trinajstić information content (AvgIpc) is 2.44. The minimum absolute atomic E-state index is 0.336. The highest BCUT2D eigenvalue weighted by Crippen LogP contribution is 2.15. The van der Waals surface area contributed by atoms with E-state index in [0.717, 1.165) is 5.56 Å². The number of aromatic nitrogens is 2. The summed E-state index contributed by atoms with van der Waals surface area (Å²) in [4.78, 5) is 19.7. The van der Waals surface area contributed by atoms with Crippen molar-refractivity contribution < 1.29 is 14.3 Å². The molecule has 0 aliphatic carbocycles. The second-order valence-electron chi connectivity index (χ2n) is 5.66. The Balaban J connectivity index is 1.94. The van der Waals surface area contributed by atoms with Gasteiger partial charge in [0.25, 0.3) is 0 Å². The fourth-order valence-corrected chi connectivity index (χ4v) is 1.68. The van der Waals surface area contributed by atoms with Crippen molar-refractivity contribution in [3.05, 3.63) is 48.4 Å². The van der Waals surface area contributed by atoms with Crippen molar-refractivity contribution in [2.24, 2.45) is 0 Å². The number of amides is 1. The van der Waals surface area contributed by atoms with Gasteiger partial charge in [0.15, 0.2) is 0 Å². The molecule has 0 radical (unpaired) electrons. The first-order valence-corrected chi connectivity index (χ1v) is 6.90. The molecule has 22 heavy (non-hydrogen) atoms. The highest BCUT2D eigenvalue weighted by atomic mass is 16.6. The zero-order chi connectivity index (χ0) is 16.0. The van der Waals surface area contributed by atoms with E-state index in [1.165, 1.54) is 0 Å². The van der Waals surface area contributed by atoms with Crippen LogP contribution in [-0.4, -0.2) is 21.7 Å². The fourth-order valence-electron chi connectivity index (χ4n) is 1.68. The summed E-state index contributed by atoms with van der Waals surface area (Å²) < 4.78 is 10.7. The van der Waals surface area contributed by atoms with Crippen LogP contribution < -0.4 is 10.1 Å². The van der Waals surface area contributed by atoms with Crippen LogP contribution in [0.5, 0.6) is 5.88 Å². The Hall–Kier alpha value is -2.63. The van der Waals surface area contributed by atoms with Gasteiger partial charge in [0, 0.05) is 18.1 Å². The number of rotatable bonds is 4. The smallest absolute Gasteiger partial charge is 0.412 e. The third-order valence-corrected chi connectivity index (χ3v) is 2.50. The first-order chi connectivity index (χ1) is 10.4. The standard InChI is InChI=1S/C16H19N3O3/c1-16(2,3)22-15(20)19-13-6-4-5-12(9-13)11-21-14-10-17-7-8-18-14/h4-10H,11H2,1-3H3,(H,19,20). The van der Waals surface area contributed by atoms with E-state index >= 15 is 0 Å². The minimum atomic E-state index is -0.531. The van der Waals surface area contributed by atoms with E-state index in [4.69, 9.17) is 9.47 Å². The van der Waals surface area contributed by atoms with Gasteiger partial charge < -0.3 is 9.47 Å². The topological polar surface area (TPSA) is 73.3 Å². The molecule has 0 aliphatic rings. The first-order valence-electron chi connectivity index (χ1n) is 6.90. The number of carbonyl (C=O) groups excluding carboxylic acids is 1. The second-order valence-corrected chi connectivity index (χ2v) is 5.66. The molecule has 0 unspecified atom stereocenters. The summed E-state index contributed by atoms with van der Waals surface area (Å²) in [5.41, 5.74) is 1.02. The number of nitrogens with one attached hydrogen (secondary N) is 1. The molecule has 2 aromatic rings. The van der Waals surface area contributed by atoms with Crippen LogP contribution in [0.3, 0.4) is 0 Å². The Morgan fingerprint density at radius 3 is 2.77 bits per heavy atom. The third kappa shape index (κ3) is 5.40. The van der Waals surface area contributed by atoms with Crippen LogP contribution in [0.2, 0.25) is 0 Å². The SMILES string of the molecule is CC(C)(C)OC(=O)Nc1cccc(COc2cnccn2)c1. The molecular weight excluding hydrogens is 282 g/mol. The van der Waals surface area contributed by atoms with Crippen LogP contribution in [0.1, 0.15) is 26.3 Å². The van der Waals surface area contributed by atoms with Crippen molar-refractivity contribution >= 4 is 11.8 Å². The molecule has 0 bridgehead atoms. The van der Waals surface area contributed by atoms with Gasteiger partial charge in [-0.2, -0.15) is 0 Å². The number of ether oxygens (including phenoxy) is 2. The number of carbonyl (C=O) groups is 1. The molecule has 0 fully saturated rings. The third-order valence-electron chi connectivity index (χ3n) is 2.50. The van der Waals surface area contributed by atoms with Crippen molar-refractivity contribution in [3.8, 4) is 5.88 Å². The number of benzene rings is 1. The second kappa shape index (κ2) is 6.89. The van der Waals surface area contributed by atoms with Gasteiger partial charge in [-0.15, -0.1) is 0 Å². The summed E-state index contributed by atoms with van der Waals surface area (Å²) in [5.74, 6) is 0.452. The Morgan fingerprint density at radius 1 is 1.27 bits per heavy atom. The largest absolute Gasteiger partial charge is 0.472 e. The molecule has 0 spiro atoms. The Kier molecular flexibility index (Phi) is 4.93. The maximum Gasteiger partial charge on any atom is 0.412 e. The van der Waals surface area contributed by atoms with Crippen molar-refractivity contribution in [1.82, 2.24) is 9.97 Å². The van der Waals surface area contributed by atoms with Crippen LogP contribution in [0.4, 0.5) is 10.5 Å². The lowest BCUT2D eigenvalue weighted by Gasteiger charge is -2.19. The molecule has 1 aromatic carbocycles. The van der Waals surface area contributed by atoms with Gasteiger partial charge in [0.1, 0.15) is 12.2 Å². The molecular formula is C16H19N3O3. The molecule has 116 valence electrons. The van der Waals surface area contributed by atoms with Gasteiger partial charge in [-0.1, -0.05) is 12.1 Å². The Morgan fingerprint density at radius 2 is 2.09 bits per heavy atom. The molecule has 0 saturated carbocycles. The molecule has 1 aromatic heterocycles.